The van der Waals surface area contributed by atoms with Crippen LogP contribution in [0.2, 0.25) is 0 Å². The fraction of sp³-hybridized carbons (Fsp3) is 0.500. The summed E-state index contributed by atoms with van der Waals surface area (Å²) in [6.45, 7) is 3.56. The first-order chi connectivity index (χ1) is 8.40. The minimum absolute atomic E-state index is 0.148. The highest BCUT2D eigenvalue weighted by atomic mass is 32.1. The van der Waals surface area contributed by atoms with Gasteiger partial charge < -0.3 is 20.7 Å². The fourth-order valence-corrected chi connectivity index (χ4v) is 1.86. The topological polar surface area (TPSA) is 111 Å². The molecule has 0 unspecified atom stereocenters. The molecule has 0 saturated carbocycles. The molecular formula is C10H15N3O4S. The van der Waals surface area contributed by atoms with Crippen LogP contribution in [0.1, 0.15) is 19.5 Å². The van der Waals surface area contributed by atoms with Crippen LogP contribution < -0.4 is 15.5 Å². The number of rotatable bonds is 5. The van der Waals surface area contributed by atoms with E-state index < -0.39 is 18.0 Å². The normalized spacial score (nSPS) is 12.2. The van der Waals surface area contributed by atoms with Crippen molar-refractivity contribution >= 4 is 23.3 Å². The summed E-state index contributed by atoms with van der Waals surface area (Å²) in [5, 5.41) is 15.3. The van der Waals surface area contributed by atoms with E-state index in [1.165, 1.54) is 0 Å². The van der Waals surface area contributed by atoms with Gasteiger partial charge in [0.2, 0.25) is 0 Å². The molecule has 8 heteroatoms. The maximum absolute atomic E-state index is 11.5. The van der Waals surface area contributed by atoms with Crippen LogP contribution in [-0.4, -0.2) is 28.1 Å². The van der Waals surface area contributed by atoms with Crippen molar-refractivity contribution in [2.45, 2.75) is 26.4 Å². The van der Waals surface area contributed by atoms with Crippen molar-refractivity contribution in [1.29, 1.82) is 0 Å². The first-order valence-electron chi connectivity index (χ1n) is 5.34. The van der Waals surface area contributed by atoms with Gasteiger partial charge in [0.25, 0.3) is 0 Å². The lowest BCUT2D eigenvalue weighted by molar-refractivity contribution is -0.140. The number of aromatic nitrogens is 1. The van der Waals surface area contributed by atoms with E-state index in [9.17, 15) is 14.4 Å². The highest BCUT2D eigenvalue weighted by Gasteiger charge is 2.23. The average Bonchev–Trinajstić information content (AvgIpc) is 2.68. The van der Waals surface area contributed by atoms with E-state index in [2.05, 4.69) is 15.6 Å². The Hall–Kier alpha value is -1.83. The van der Waals surface area contributed by atoms with Crippen molar-refractivity contribution < 1.29 is 14.7 Å². The number of H-pyrrole nitrogens is 1. The predicted octanol–water partition coefficient (Wildman–Crippen LogP) is 0.345. The zero-order valence-corrected chi connectivity index (χ0v) is 10.8. The lowest BCUT2D eigenvalue weighted by Gasteiger charge is -2.17. The number of carbonyl (C=O) groups is 2. The number of aromatic amines is 1. The molecule has 1 aromatic heterocycles. The molecular weight excluding hydrogens is 258 g/mol. The Balaban J connectivity index is 2.46. The van der Waals surface area contributed by atoms with Crippen molar-refractivity contribution in [3.63, 3.8) is 0 Å². The van der Waals surface area contributed by atoms with Gasteiger partial charge in [-0.1, -0.05) is 25.2 Å². The van der Waals surface area contributed by atoms with Crippen LogP contribution in [-0.2, 0) is 11.3 Å². The standard InChI is InChI=1S/C10H15N3O4S/c1-5(2)7(8(14)15)13-9(16)11-3-6-4-18-10(17)12-6/h4-5,7H,3H2,1-2H3,(H,12,17)(H,14,15)(H2,11,13,16)/t7-/m0/s1. The Morgan fingerprint density at radius 3 is 2.61 bits per heavy atom. The molecule has 0 aromatic carbocycles. The van der Waals surface area contributed by atoms with Gasteiger partial charge in [0.15, 0.2) is 0 Å². The third kappa shape index (κ3) is 4.21. The second-order valence-electron chi connectivity index (χ2n) is 4.06. The number of carbonyl (C=O) groups excluding carboxylic acids is 1. The summed E-state index contributed by atoms with van der Waals surface area (Å²) in [6, 6.07) is -1.52. The lowest BCUT2D eigenvalue weighted by atomic mass is 10.1. The number of carboxylic acid groups (broad SMARTS) is 1. The molecule has 0 aliphatic carbocycles. The highest BCUT2D eigenvalue weighted by molar-refractivity contribution is 7.07. The van der Waals surface area contributed by atoms with Gasteiger partial charge in [-0.25, -0.2) is 9.59 Å². The molecule has 0 saturated heterocycles. The second-order valence-corrected chi connectivity index (χ2v) is 4.90. The van der Waals surface area contributed by atoms with E-state index in [0.29, 0.717) is 5.69 Å². The van der Waals surface area contributed by atoms with Crippen molar-refractivity contribution in [2.24, 2.45) is 5.92 Å². The molecule has 100 valence electrons. The van der Waals surface area contributed by atoms with Crippen LogP contribution in [0.4, 0.5) is 4.79 Å². The molecule has 1 rings (SSSR count). The molecule has 1 heterocycles. The van der Waals surface area contributed by atoms with Gasteiger partial charge in [-0.05, 0) is 5.92 Å². The quantitative estimate of drug-likeness (QED) is 0.620. The highest BCUT2D eigenvalue weighted by Crippen LogP contribution is 2.01. The van der Waals surface area contributed by atoms with Crippen molar-refractivity contribution in [3.8, 4) is 0 Å². The Labute approximate surface area is 107 Å². The number of hydrogen-bond acceptors (Lipinski definition) is 4. The Kier molecular flexibility index (Phi) is 4.90. The summed E-state index contributed by atoms with van der Waals surface area (Å²) in [4.78, 5) is 35.5. The maximum atomic E-state index is 11.5. The van der Waals surface area contributed by atoms with Gasteiger partial charge >= 0.3 is 16.9 Å². The minimum atomic E-state index is -1.08. The van der Waals surface area contributed by atoms with Crippen LogP contribution in [0.3, 0.4) is 0 Å². The Morgan fingerprint density at radius 1 is 1.50 bits per heavy atom. The van der Waals surface area contributed by atoms with Crippen LogP contribution in [0.5, 0.6) is 0 Å². The van der Waals surface area contributed by atoms with Crippen LogP contribution in [0.25, 0.3) is 0 Å². The van der Waals surface area contributed by atoms with Crippen molar-refractivity contribution in [1.82, 2.24) is 15.6 Å². The van der Waals surface area contributed by atoms with E-state index in [1.807, 2.05) is 0 Å². The smallest absolute Gasteiger partial charge is 0.326 e. The molecule has 7 nitrogen and oxygen atoms in total. The molecule has 0 fully saturated rings. The van der Waals surface area contributed by atoms with Gasteiger partial charge in [-0.15, -0.1) is 0 Å². The van der Waals surface area contributed by atoms with E-state index >= 15 is 0 Å². The number of amides is 2. The third-order valence-electron chi connectivity index (χ3n) is 2.23. The molecule has 0 bridgehead atoms. The summed E-state index contributed by atoms with van der Waals surface area (Å²) < 4.78 is 0. The summed E-state index contributed by atoms with van der Waals surface area (Å²) in [5.74, 6) is -1.29. The van der Waals surface area contributed by atoms with E-state index in [1.54, 1.807) is 19.2 Å². The van der Waals surface area contributed by atoms with Crippen LogP contribution in [0.15, 0.2) is 10.2 Å². The number of urea groups is 1. The Bertz CT molecular complexity index is 479. The van der Waals surface area contributed by atoms with Gasteiger partial charge in [0.1, 0.15) is 6.04 Å². The molecule has 1 atom stereocenters. The number of aliphatic carboxylic acids is 1. The SMILES string of the molecule is CC(C)[C@H](NC(=O)NCc1csc(=O)[nH]1)C(=O)O. The predicted molar refractivity (Wildman–Crippen MR) is 66.6 cm³/mol. The number of nitrogens with one attached hydrogen (secondary N) is 3. The summed E-state index contributed by atoms with van der Waals surface area (Å²) in [6.07, 6.45) is 0. The third-order valence-corrected chi connectivity index (χ3v) is 2.95. The molecule has 0 aliphatic rings. The molecule has 0 spiro atoms. The maximum Gasteiger partial charge on any atom is 0.326 e. The molecule has 4 N–H and O–H groups in total. The van der Waals surface area contributed by atoms with Gasteiger partial charge in [-0.2, -0.15) is 0 Å². The monoisotopic (exact) mass is 273 g/mol. The van der Waals surface area contributed by atoms with E-state index in [0.717, 1.165) is 11.3 Å². The van der Waals surface area contributed by atoms with Crippen molar-refractivity contribution in [3.05, 3.63) is 20.7 Å². The minimum Gasteiger partial charge on any atom is -0.480 e. The zero-order valence-electron chi connectivity index (χ0n) is 10.0. The van der Waals surface area contributed by atoms with E-state index in [-0.39, 0.29) is 17.3 Å². The zero-order chi connectivity index (χ0) is 13.7. The summed E-state index contributed by atoms with van der Waals surface area (Å²) in [5.41, 5.74) is 0.580. The molecule has 0 radical (unpaired) electrons. The number of hydrogen-bond donors (Lipinski definition) is 4. The second kappa shape index (κ2) is 6.20. The fourth-order valence-electron chi connectivity index (χ4n) is 1.28. The number of carboxylic acids is 1. The average molecular weight is 273 g/mol. The van der Waals surface area contributed by atoms with Crippen LogP contribution >= 0.6 is 11.3 Å². The van der Waals surface area contributed by atoms with Gasteiger partial charge in [0.05, 0.1) is 6.54 Å². The first-order valence-corrected chi connectivity index (χ1v) is 6.22. The van der Waals surface area contributed by atoms with E-state index in [4.69, 9.17) is 5.11 Å². The summed E-state index contributed by atoms with van der Waals surface area (Å²) in [7, 11) is 0. The molecule has 0 aliphatic heterocycles. The largest absolute Gasteiger partial charge is 0.480 e. The first kappa shape index (κ1) is 14.2. The van der Waals surface area contributed by atoms with Gasteiger partial charge in [0, 0.05) is 11.1 Å². The molecule has 2 amide bonds. The molecule has 18 heavy (non-hydrogen) atoms. The van der Waals surface area contributed by atoms with Crippen LogP contribution in [0, 0.1) is 5.92 Å². The molecule has 1 aromatic rings. The Morgan fingerprint density at radius 2 is 2.17 bits per heavy atom. The lowest BCUT2D eigenvalue weighted by Crippen LogP contribution is -2.48. The number of thiazole rings is 1. The van der Waals surface area contributed by atoms with Crippen molar-refractivity contribution in [2.75, 3.05) is 0 Å². The summed E-state index contributed by atoms with van der Waals surface area (Å²) >= 11 is 1.00. The van der Waals surface area contributed by atoms with Gasteiger partial charge in [-0.3, -0.25) is 4.79 Å².